The molecule has 2 N–H and O–H groups in total. The van der Waals surface area contributed by atoms with Crippen LogP contribution >= 0.6 is 11.8 Å². The van der Waals surface area contributed by atoms with E-state index in [4.69, 9.17) is 4.74 Å². The van der Waals surface area contributed by atoms with Crippen molar-refractivity contribution >= 4 is 40.1 Å². The molecule has 2 aromatic carbocycles. The van der Waals surface area contributed by atoms with Gasteiger partial charge < -0.3 is 15.4 Å². The van der Waals surface area contributed by atoms with Crippen LogP contribution in [-0.2, 0) is 9.59 Å². The van der Waals surface area contributed by atoms with Crippen LogP contribution < -0.4 is 15.4 Å². The standard InChI is InChI=1S/C21H23N3O3S/c1-4-27-16-8-6-15(7-9-16)22-21-24-20(26)18(28-21)12-19(25)23-17-10-5-13(2)11-14(17)3/h5-11,18H,4,12H2,1-3H3,(H,23,25)(H,22,24,26)/t18-/m1/s1. The Bertz CT molecular complexity index is 910. The lowest BCUT2D eigenvalue weighted by Gasteiger charge is -2.10. The van der Waals surface area contributed by atoms with Gasteiger partial charge in [-0.25, -0.2) is 4.99 Å². The van der Waals surface area contributed by atoms with E-state index in [0.717, 1.165) is 22.6 Å². The van der Waals surface area contributed by atoms with Gasteiger partial charge in [-0.3, -0.25) is 9.59 Å². The Balaban J connectivity index is 1.60. The normalized spacial score (nSPS) is 17.5. The van der Waals surface area contributed by atoms with E-state index in [1.54, 1.807) is 0 Å². The molecule has 1 atom stereocenters. The summed E-state index contributed by atoms with van der Waals surface area (Å²) in [5.74, 6) is 0.378. The van der Waals surface area contributed by atoms with Gasteiger partial charge in [-0.05, 0) is 56.7 Å². The molecule has 28 heavy (non-hydrogen) atoms. The zero-order valence-corrected chi connectivity index (χ0v) is 16.9. The zero-order valence-electron chi connectivity index (χ0n) is 16.1. The smallest absolute Gasteiger partial charge is 0.240 e. The first-order chi connectivity index (χ1) is 13.4. The van der Waals surface area contributed by atoms with E-state index < -0.39 is 5.25 Å². The Morgan fingerprint density at radius 1 is 1.21 bits per heavy atom. The summed E-state index contributed by atoms with van der Waals surface area (Å²) in [6, 6.07) is 13.1. The third kappa shape index (κ3) is 5.13. The van der Waals surface area contributed by atoms with Gasteiger partial charge in [0.2, 0.25) is 11.8 Å². The summed E-state index contributed by atoms with van der Waals surface area (Å²) in [5.41, 5.74) is 3.61. The predicted octanol–water partition coefficient (Wildman–Crippen LogP) is 3.95. The molecule has 2 aromatic rings. The van der Waals surface area contributed by atoms with E-state index in [-0.39, 0.29) is 18.2 Å². The van der Waals surface area contributed by atoms with Crippen molar-refractivity contribution in [1.29, 1.82) is 0 Å². The van der Waals surface area contributed by atoms with E-state index in [1.165, 1.54) is 11.8 Å². The number of aliphatic imine (C=N–C) groups is 1. The fourth-order valence-electron chi connectivity index (χ4n) is 2.82. The Morgan fingerprint density at radius 2 is 1.96 bits per heavy atom. The van der Waals surface area contributed by atoms with Gasteiger partial charge in [0.05, 0.1) is 12.3 Å². The van der Waals surface area contributed by atoms with Crippen molar-refractivity contribution in [3.05, 3.63) is 53.6 Å². The van der Waals surface area contributed by atoms with Crippen LogP contribution in [0.25, 0.3) is 0 Å². The number of amidine groups is 1. The molecule has 1 fully saturated rings. The van der Waals surface area contributed by atoms with Crippen LogP contribution in [0.5, 0.6) is 5.75 Å². The van der Waals surface area contributed by atoms with Crippen molar-refractivity contribution < 1.29 is 14.3 Å². The van der Waals surface area contributed by atoms with Gasteiger partial charge in [0, 0.05) is 12.1 Å². The molecule has 0 spiro atoms. The molecule has 0 unspecified atom stereocenters. The quantitative estimate of drug-likeness (QED) is 0.773. The SMILES string of the molecule is CCOc1ccc(N=C2NC(=O)[C@@H](CC(=O)Nc3ccc(C)cc3C)S2)cc1. The van der Waals surface area contributed by atoms with Gasteiger partial charge in [-0.15, -0.1) is 0 Å². The average Bonchev–Trinajstić information content (AvgIpc) is 2.98. The van der Waals surface area contributed by atoms with Crippen LogP contribution in [-0.4, -0.2) is 28.8 Å². The van der Waals surface area contributed by atoms with Crippen LogP contribution in [0.1, 0.15) is 24.5 Å². The zero-order chi connectivity index (χ0) is 20.1. The van der Waals surface area contributed by atoms with Gasteiger partial charge in [-0.1, -0.05) is 29.5 Å². The van der Waals surface area contributed by atoms with Gasteiger partial charge in [-0.2, -0.15) is 0 Å². The molecule has 1 saturated heterocycles. The highest BCUT2D eigenvalue weighted by molar-refractivity contribution is 8.15. The van der Waals surface area contributed by atoms with Gasteiger partial charge in [0.25, 0.3) is 0 Å². The summed E-state index contributed by atoms with van der Waals surface area (Å²) >= 11 is 1.27. The molecule has 0 saturated carbocycles. The lowest BCUT2D eigenvalue weighted by atomic mass is 10.1. The first-order valence-corrected chi connectivity index (χ1v) is 9.98. The number of benzene rings is 2. The molecule has 0 radical (unpaired) electrons. The summed E-state index contributed by atoms with van der Waals surface area (Å²) in [7, 11) is 0. The fourth-order valence-corrected chi connectivity index (χ4v) is 3.80. The third-order valence-electron chi connectivity index (χ3n) is 4.18. The van der Waals surface area contributed by atoms with Gasteiger partial charge in [0.1, 0.15) is 11.0 Å². The van der Waals surface area contributed by atoms with E-state index in [2.05, 4.69) is 15.6 Å². The number of ether oxygens (including phenoxy) is 1. The summed E-state index contributed by atoms with van der Waals surface area (Å²) < 4.78 is 5.40. The average molecular weight is 398 g/mol. The first kappa shape index (κ1) is 19.9. The van der Waals surface area contributed by atoms with E-state index in [0.29, 0.717) is 17.5 Å². The second kappa shape index (κ2) is 8.93. The van der Waals surface area contributed by atoms with Crippen molar-refractivity contribution in [2.75, 3.05) is 11.9 Å². The molecule has 146 valence electrons. The Kier molecular flexibility index (Phi) is 6.36. The van der Waals surface area contributed by atoms with Crippen molar-refractivity contribution in [1.82, 2.24) is 5.32 Å². The molecule has 2 amide bonds. The predicted molar refractivity (Wildman–Crippen MR) is 113 cm³/mol. The summed E-state index contributed by atoms with van der Waals surface area (Å²) in [4.78, 5) is 29.0. The van der Waals surface area contributed by atoms with E-state index >= 15 is 0 Å². The van der Waals surface area contributed by atoms with Gasteiger partial charge in [0.15, 0.2) is 5.17 Å². The highest BCUT2D eigenvalue weighted by atomic mass is 32.2. The van der Waals surface area contributed by atoms with Crippen LogP contribution in [0.3, 0.4) is 0 Å². The van der Waals surface area contributed by atoms with E-state index in [1.807, 2.05) is 63.2 Å². The van der Waals surface area contributed by atoms with Crippen LogP contribution in [0.15, 0.2) is 47.5 Å². The van der Waals surface area contributed by atoms with Crippen molar-refractivity contribution in [3.63, 3.8) is 0 Å². The highest BCUT2D eigenvalue weighted by Gasteiger charge is 2.32. The monoisotopic (exact) mass is 397 g/mol. The van der Waals surface area contributed by atoms with Crippen molar-refractivity contribution in [3.8, 4) is 5.75 Å². The van der Waals surface area contributed by atoms with Crippen molar-refractivity contribution in [2.45, 2.75) is 32.4 Å². The lowest BCUT2D eigenvalue weighted by molar-refractivity contribution is -0.122. The minimum Gasteiger partial charge on any atom is -0.494 e. The number of amides is 2. The lowest BCUT2D eigenvalue weighted by Crippen LogP contribution is -2.28. The molecular formula is C21H23N3O3S. The number of nitrogens with one attached hydrogen (secondary N) is 2. The molecule has 3 rings (SSSR count). The molecule has 6 nitrogen and oxygen atoms in total. The molecule has 0 aliphatic carbocycles. The molecule has 1 aliphatic heterocycles. The summed E-state index contributed by atoms with van der Waals surface area (Å²) in [6.45, 7) is 6.48. The largest absolute Gasteiger partial charge is 0.494 e. The Hall–Kier alpha value is -2.80. The summed E-state index contributed by atoms with van der Waals surface area (Å²) in [5, 5.41) is 5.63. The molecule has 1 aliphatic rings. The number of carbonyl (C=O) groups excluding carboxylic acids is 2. The molecular weight excluding hydrogens is 374 g/mol. The minimum absolute atomic E-state index is 0.0894. The Morgan fingerprint density at radius 3 is 2.64 bits per heavy atom. The molecule has 1 heterocycles. The highest BCUT2D eigenvalue weighted by Crippen LogP contribution is 2.27. The van der Waals surface area contributed by atoms with Crippen LogP contribution in [0, 0.1) is 13.8 Å². The summed E-state index contributed by atoms with van der Waals surface area (Å²) in [6.07, 6.45) is 0.0894. The first-order valence-electron chi connectivity index (χ1n) is 9.11. The minimum atomic E-state index is -0.493. The molecule has 0 bridgehead atoms. The number of hydrogen-bond donors (Lipinski definition) is 2. The van der Waals surface area contributed by atoms with Crippen LogP contribution in [0.4, 0.5) is 11.4 Å². The number of nitrogens with zero attached hydrogens (tertiary/aromatic N) is 1. The third-order valence-corrected chi connectivity index (χ3v) is 5.26. The maximum atomic E-state index is 12.4. The molecule has 0 aromatic heterocycles. The second-order valence-electron chi connectivity index (χ2n) is 6.51. The maximum absolute atomic E-state index is 12.4. The topological polar surface area (TPSA) is 79.8 Å². The number of carbonyl (C=O) groups is 2. The maximum Gasteiger partial charge on any atom is 0.240 e. The number of aryl methyl sites for hydroxylation is 2. The van der Waals surface area contributed by atoms with E-state index in [9.17, 15) is 9.59 Å². The second-order valence-corrected chi connectivity index (χ2v) is 7.70. The van der Waals surface area contributed by atoms with Crippen LogP contribution in [0.2, 0.25) is 0 Å². The van der Waals surface area contributed by atoms with Crippen molar-refractivity contribution in [2.24, 2.45) is 4.99 Å². The number of thioether (sulfide) groups is 1. The number of rotatable bonds is 6. The van der Waals surface area contributed by atoms with Gasteiger partial charge >= 0.3 is 0 Å². The number of hydrogen-bond acceptors (Lipinski definition) is 5. The molecule has 7 heteroatoms. The number of anilines is 1. The fraction of sp³-hybridized carbons (Fsp3) is 0.286. The Labute approximate surface area is 168 Å².